The van der Waals surface area contributed by atoms with Crippen LogP contribution in [0.3, 0.4) is 0 Å². The van der Waals surface area contributed by atoms with E-state index in [1.54, 1.807) is 0 Å². The zero-order valence-electron chi connectivity index (χ0n) is 6.41. The number of aliphatic carboxylic acids is 1. The van der Waals surface area contributed by atoms with Gasteiger partial charge in [0.25, 0.3) is 0 Å². The van der Waals surface area contributed by atoms with Crippen molar-refractivity contribution < 1.29 is 19.8 Å². The van der Waals surface area contributed by atoms with Gasteiger partial charge in [0.05, 0.1) is 6.42 Å². The minimum atomic E-state index is -0.981. The number of ketones is 1. The monoisotopic (exact) mass is 160 g/mol. The van der Waals surface area contributed by atoms with Crippen molar-refractivity contribution >= 4 is 11.8 Å². The fourth-order valence-corrected chi connectivity index (χ4v) is 0.855. The van der Waals surface area contributed by atoms with Crippen molar-refractivity contribution in [1.82, 2.24) is 0 Å². The van der Waals surface area contributed by atoms with Crippen molar-refractivity contribution in [3.63, 3.8) is 0 Å². The zero-order valence-corrected chi connectivity index (χ0v) is 6.41. The molecule has 0 heterocycles. The van der Waals surface area contributed by atoms with Crippen molar-refractivity contribution in [2.45, 2.75) is 19.8 Å². The molecule has 0 rings (SSSR count). The van der Waals surface area contributed by atoms with Crippen LogP contribution in [0.4, 0.5) is 0 Å². The maximum atomic E-state index is 10.5. The molecule has 1 unspecified atom stereocenters. The van der Waals surface area contributed by atoms with Crippen molar-refractivity contribution in [2.75, 3.05) is 6.61 Å². The number of hydrogen-bond acceptors (Lipinski definition) is 3. The molecule has 0 aliphatic carbocycles. The molecule has 0 spiro atoms. The topological polar surface area (TPSA) is 74.6 Å². The van der Waals surface area contributed by atoms with Gasteiger partial charge in [0.15, 0.2) is 0 Å². The fourth-order valence-electron chi connectivity index (χ4n) is 0.855. The number of hydrogen-bond donors (Lipinski definition) is 2. The minimum absolute atomic E-state index is 0.0923. The van der Waals surface area contributed by atoms with E-state index in [1.165, 1.54) is 6.92 Å². The summed E-state index contributed by atoms with van der Waals surface area (Å²) in [4.78, 5) is 20.6. The molecule has 0 aliphatic rings. The molecule has 0 bridgehead atoms. The number of aliphatic hydroxyl groups is 1. The van der Waals surface area contributed by atoms with Crippen molar-refractivity contribution in [1.29, 1.82) is 0 Å². The van der Waals surface area contributed by atoms with E-state index in [4.69, 9.17) is 10.2 Å². The molecule has 0 saturated heterocycles. The summed E-state index contributed by atoms with van der Waals surface area (Å²) < 4.78 is 0. The molecular formula is C7H12O4. The number of aliphatic hydroxyl groups excluding tert-OH is 1. The smallest absolute Gasteiger partial charge is 0.303 e. The van der Waals surface area contributed by atoms with Crippen LogP contribution >= 0.6 is 0 Å². The Labute approximate surface area is 64.8 Å². The third kappa shape index (κ3) is 5.54. The number of rotatable bonds is 5. The van der Waals surface area contributed by atoms with Gasteiger partial charge in [0.1, 0.15) is 5.78 Å². The second-order valence-electron chi connectivity index (χ2n) is 2.55. The van der Waals surface area contributed by atoms with Gasteiger partial charge in [0, 0.05) is 13.0 Å². The highest BCUT2D eigenvalue weighted by atomic mass is 16.4. The van der Waals surface area contributed by atoms with Crippen LogP contribution in [-0.4, -0.2) is 28.6 Å². The Morgan fingerprint density at radius 3 is 2.18 bits per heavy atom. The maximum Gasteiger partial charge on any atom is 0.303 e. The van der Waals surface area contributed by atoms with Crippen LogP contribution in [0, 0.1) is 5.92 Å². The van der Waals surface area contributed by atoms with Gasteiger partial charge in [-0.2, -0.15) is 0 Å². The molecule has 4 nitrogen and oxygen atoms in total. The van der Waals surface area contributed by atoms with Gasteiger partial charge in [-0.25, -0.2) is 0 Å². The summed E-state index contributed by atoms with van der Waals surface area (Å²) in [6.07, 6.45) is -0.00111. The van der Waals surface area contributed by atoms with Crippen LogP contribution in [0.1, 0.15) is 19.8 Å². The summed E-state index contributed by atoms with van der Waals surface area (Å²) in [6, 6.07) is 0. The fraction of sp³-hybridized carbons (Fsp3) is 0.714. The molecule has 0 radical (unpaired) electrons. The summed E-state index contributed by atoms with van der Waals surface area (Å²) in [5.74, 6) is -1.50. The first-order valence-corrected chi connectivity index (χ1v) is 3.38. The van der Waals surface area contributed by atoms with Gasteiger partial charge in [0.2, 0.25) is 0 Å². The summed E-state index contributed by atoms with van der Waals surface area (Å²) in [5, 5.41) is 16.9. The Balaban J connectivity index is 3.76. The number of carbonyl (C=O) groups excluding carboxylic acids is 1. The molecule has 0 aliphatic heterocycles. The molecule has 4 heteroatoms. The highest BCUT2D eigenvalue weighted by Gasteiger charge is 2.13. The van der Waals surface area contributed by atoms with Gasteiger partial charge < -0.3 is 15.0 Å². The van der Waals surface area contributed by atoms with Gasteiger partial charge in [-0.15, -0.1) is 0 Å². The molecule has 64 valence electrons. The lowest BCUT2D eigenvalue weighted by atomic mass is 10.0. The molecule has 11 heavy (non-hydrogen) atoms. The average molecular weight is 160 g/mol. The van der Waals surface area contributed by atoms with Crippen LogP contribution in [0.5, 0.6) is 0 Å². The predicted octanol–water partition coefficient (Wildman–Crippen LogP) is 0.0487. The summed E-state index contributed by atoms with van der Waals surface area (Å²) >= 11 is 0. The SMILES string of the molecule is CC(=O)CC(CO)CC(=O)O. The summed E-state index contributed by atoms with van der Waals surface area (Å²) in [6.45, 7) is 1.14. The Morgan fingerprint density at radius 2 is 1.91 bits per heavy atom. The predicted molar refractivity (Wildman–Crippen MR) is 38.1 cm³/mol. The molecule has 0 saturated carbocycles. The van der Waals surface area contributed by atoms with Crippen molar-refractivity contribution in [2.24, 2.45) is 5.92 Å². The van der Waals surface area contributed by atoms with E-state index in [2.05, 4.69) is 0 Å². The summed E-state index contributed by atoms with van der Waals surface area (Å²) in [7, 11) is 0. The largest absolute Gasteiger partial charge is 0.481 e. The third-order valence-electron chi connectivity index (χ3n) is 1.30. The van der Waals surface area contributed by atoms with Crippen molar-refractivity contribution in [3.05, 3.63) is 0 Å². The number of carboxylic acid groups (broad SMARTS) is 1. The van der Waals surface area contributed by atoms with E-state index in [-0.39, 0.29) is 25.2 Å². The third-order valence-corrected chi connectivity index (χ3v) is 1.30. The van der Waals surface area contributed by atoms with E-state index in [1.807, 2.05) is 0 Å². The highest BCUT2D eigenvalue weighted by Crippen LogP contribution is 2.07. The number of Topliss-reactive ketones (excluding diaryl/α,β-unsaturated/α-hetero) is 1. The zero-order chi connectivity index (χ0) is 8.85. The Hall–Kier alpha value is -0.900. The highest BCUT2D eigenvalue weighted by molar-refractivity contribution is 5.76. The van der Waals surface area contributed by atoms with Gasteiger partial charge in [-0.1, -0.05) is 0 Å². The lowest BCUT2D eigenvalue weighted by Gasteiger charge is -2.07. The molecule has 0 fully saturated rings. The molecule has 0 aromatic heterocycles. The quantitative estimate of drug-likeness (QED) is 0.595. The Bertz CT molecular complexity index is 137. The van der Waals surface area contributed by atoms with Crippen LogP contribution in [0.25, 0.3) is 0 Å². The lowest BCUT2D eigenvalue weighted by Crippen LogP contribution is -2.14. The van der Waals surface area contributed by atoms with E-state index < -0.39 is 11.9 Å². The summed E-state index contributed by atoms with van der Waals surface area (Å²) in [5.41, 5.74) is 0. The molecule has 0 aromatic carbocycles. The second kappa shape index (κ2) is 4.85. The Kier molecular flexibility index (Phi) is 4.45. The van der Waals surface area contributed by atoms with Gasteiger partial charge >= 0.3 is 5.97 Å². The number of carboxylic acids is 1. The van der Waals surface area contributed by atoms with E-state index in [0.29, 0.717) is 0 Å². The lowest BCUT2D eigenvalue weighted by molar-refractivity contribution is -0.138. The van der Waals surface area contributed by atoms with Gasteiger partial charge in [-0.3, -0.25) is 4.79 Å². The minimum Gasteiger partial charge on any atom is -0.481 e. The van der Waals surface area contributed by atoms with Crippen LogP contribution < -0.4 is 0 Å². The molecular weight excluding hydrogens is 148 g/mol. The second-order valence-corrected chi connectivity index (χ2v) is 2.55. The molecule has 1 atom stereocenters. The van der Waals surface area contributed by atoms with E-state index in [9.17, 15) is 9.59 Å². The van der Waals surface area contributed by atoms with E-state index >= 15 is 0 Å². The first-order chi connectivity index (χ1) is 5.06. The maximum absolute atomic E-state index is 10.5. The first kappa shape index (κ1) is 10.1. The van der Waals surface area contributed by atoms with Crippen molar-refractivity contribution in [3.8, 4) is 0 Å². The molecule has 2 N–H and O–H groups in total. The molecule has 0 amide bonds. The van der Waals surface area contributed by atoms with Crippen LogP contribution in [-0.2, 0) is 9.59 Å². The first-order valence-electron chi connectivity index (χ1n) is 3.38. The Morgan fingerprint density at radius 1 is 1.36 bits per heavy atom. The normalized spacial score (nSPS) is 12.5. The standard InChI is InChI=1S/C7H12O4/c1-5(9)2-6(4-8)3-7(10)11/h6,8H,2-4H2,1H3,(H,10,11). The van der Waals surface area contributed by atoms with E-state index in [0.717, 1.165) is 0 Å². The van der Waals surface area contributed by atoms with Crippen LogP contribution in [0.2, 0.25) is 0 Å². The number of carbonyl (C=O) groups is 2. The average Bonchev–Trinajstić information content (AvgIpc) is 1.84. The molecule has 0 aromatic rings. The van der Waals surface area contributed by atoms with Crippen LogP contribution in [0.15, 0.2) is 0 Å². The van der Waals surface area contributed by atoms with Gasteiger partial charge in [-0.05, 0) is 12.8 Å².